The highest BCUT2D eigenvalue weighted by Gasteiger charge is 1.99. The Morgan fingerprint density at radius 1 is 1.07 bits per heavy atom. The first kappa shape index (κ1) is 9.40. The van der Waals surface area contributed by atoms with Crippen LogP contribution in [-0.4, -0.2) is 12.2 Å². The second-order valence-corrected chi connectivity index (χ2v) is 3.17. The van der Waals surface area contributed by atoms with E-state index in [9.17, 15) is 9.59 Å². The van der Waals surface area contributed by atoms with E-state index in [1.54, 1.807) is 6.07 Å². The minimum atomic E-state index is -0.634. The molecule has 3 nitrogen and oxygen atoms in total. The molecule has 0 saturated carbocycles. The van der Waals surface area contributed by atoms with Crippen molar-refractivity contribution in [3.05, 3.63) is 42.5 Å². The van der Waals surface area contributed by atoms with Gasteiger partial charge in [0.1, 0.15) is 0 Å². The molecule has 74 valence electrons. The predicted octanol–water partition coefficient (Wildman–Crippen LogP) is 1.98. The van der Waals surface area contributed by atoms with Gasteiger partial charge in [-0.3, -0.25) is 9.59 Å². The highest BCUT2D eigenvalue weighted by molar-refractivity contribution is 6.29. The molecule has 0 saturated heterocycles. The first-order chi connectivity index (χ1) is 7.29. The summed E-state index contributed by atoms with van der Waals surface area (Å²) in [6.45, 7) is 0. The molecule has 0 fully saturated rings. The van der Waals surface area contributed by atoms with E-state index in [2.05, 4.69) is 5.32 Å². The Morgan fingerprint density at radius 3 is 2.53 bits per heavy atom. The van der Waals surface area contributed by atoms with Crippen molar-refractivity contribution in [1.29, 1.82) is 0 Å². The van der Waals surface area contributed by atoms with Gasteiger partial charge in [0.25, 0.3) is 5.91 Å². The number of aldehydes is 1. The van der Waals surface area contributed by atoms with Crippen LogP contribution in [0.2, 0.25) is 0 Å². The van der Waals surface area contributed by atoms with Crippen LogP contribution in [0.3, 0.4) is 0 Å². The maximum absolute atomic E-state index is 10.8. The van der Waals surface area contributed by atoms with Crippen LogP contribution < -0.4 is 5.32 Å². The maximum Gasteiger partial charge on any atom is 0.288 e. The van der Waals surface area contributed by atoms with Crippen molar-refractivity contribution >= 4 is 28.7 Å². The summed E-state index contributed by atoms with van der Waals surface area (Å²) in [5.41, 5.74) is 0.630. The van der Waals surface area contributed by atoms with Gasteiger partial charge in [-0.2, -0.15) is 0 Å². The lowest BCUT2D eigenvalue weighted by molar-refractivity contribution is -0.127. The summed E-state index contributed by atoms with van der Waals surface area (Å²) in [4.78, 5) is 21.0. The number of hydrogen-bond donors (Lipinski definition) is 1. The first-order valence-corrected chi connectivity index (χ1v) is 4.54. The van der Waals surface area contributed by atoms with Crippen LogP contribution in [-0.2, 0) is 9.59 Å². The van der Waals surface area contributed by atoms with Gasteiger partial charge in [0.15, 0.2) is 0 Å². The number of benzene rings is 2. The zero-order valence-electron chi connectivity index (χ0n) is 7.94. The molecule has 0 radical (unpaired) electrons. The van der Waals surface area contributed by atoms with Gasteiger partial charge in [-0.15, -0.1) is 0 Å². The Hall–Kier alpha value is -2.16. The van der Waals surface area contributed by atoms with Crippen molar-refractivity contribution < 1.29 is 9.59 Å². The third kappa shape index (κ3) is 2.02. The van der Waals surface area contributed by atoms with Crippen molar-refractivity contribution in [1.82, 2.24) is 0 Å². The van der Waals surface area contributed by atoms with E-state index in [4.69, 9.17) is 0 Å². The van der Waals surface area contributed by atoms with Gasteiger partial charge in [-0.05, 0) is 22.9 Å². The summed E-state index contributed by atoms with van der Waals surface area (Å²) in [5, 5.41) is 4.60. The minimum absolute atomic E-state index is 0.259. The van der Waals surface area contributed by atoms with E-state index in [1.807, 2.05) is 36.4 Å². The molecule has 0 aliphatic heterocycles. The van der Waals surface area contributed by atoms with Gasteiger partial charge >= 0.3 is 0 Å². The molecule has 0 bridgehead atoms. The van der Waals surface area contributed by atoms with Crippen molar-refractivity contribution in [2.45, 2.75) is 0 Å². The molecule has 0 aliphatic rings. The quantitative estimate of drug-likeness (QED) is 0.593. The molecule has 3 heteroatoms. The summed E-state index contributed by atoms with van der Waals surface area (Å²) in [6, 6.07) is 13.3. The van der Waals surface area contributed by atoms with Crippen molar-refractivity contribution in [2.24, 2.45) is 0 Å². The highest BCUT2D eigenvalue weighted by Crippen LogP contribution is 2.18. The highest BCUT2D eigenvalue weighted by atomic mass is 16.2. The van der Waals surface area contributed by atoms with E-state index in [-0.39, 0.29) is 6.29 Å². The first-order valence-electron chi connectivity index (χ1n) is 4.54. The van der Waals surface area contributed by atoms with Crippen molar-refractivity contribution in [2.75, 3.05) is 5.32 Å². The Kier molecular flexibility index (Phi) is 2.46. The molecular weight excluding hydrogens is 190 g/mol. The molecule has 15 heavy (non-hydrogen) atoms. The zero-order chi connectivity index (χ0) is 10.7. The van der Waals surface area contributed by atoms with Crippen LogP contribution in [0.25, 0.3) is 10.8 Å². The summed E-state index contributed by atoms with van der Waals surface area (Å²) in [6.07, 6.45) is 0.259. The fourth-order valence-electron chi connectivity index (χ4n) is 1.44. The van der Waals surface area contributed by atoms with Crippen LogP contribution in [0.4, 0.5) is 5.69 Å². The van der Waals surface area contributed by atoms with Crippen molar-refractivity contribution in [3.63, 3.8) is 0 Å². The van der Waals surface area contributed by atoms with E-state index in [0.717, 1.165) is 10.8 Å². The fourth-order valence-corrected chi connectivity index (χ4v) is 1.44. The Morgan fingerprint density at radius 2 is 1.80 bits per heavy atom. The second-order valence-electron chi connectivity index (χ2n) is 3.17. The third-order valence-electron chi connectivity index (χ3n) is 2.12. The van der Waals surface area contributed by atoms with E-state index in [1.165, 1.54) is 0 Å². The molecule has 0 aliphatic carbocycles. The molecule has 0 spiro atoms. The predicted molar refractivity (Wildman–Crippen MR) is 58.6 cm³/mol. The zero-order valence-corrected chi connectivity index (χ0v) is 7.94. The molecule has 2 rings (SSSR count). The lowest BCUT2D eigenvalue weighted by Crippen LogP contribution is -2.11. The normalized spacial score (nSPS) is 9.87. The van der Waals surface area contributed by atoms with Gasteiger partial charge < -0.3 is 5.32 Å². The summed E-state index contributed by atoms with van der Waals surface area (Å²) < 4.78 is 0. The number of carbonyl (C=O) groups is 2. The van der Waals surface area contributed by atoms with Gasteiger partial charge in [0.2, 0.25) is 6.29 Å². The molecule has 0 heterocycles. The molecule has 2 aromatic rings. The van der Waals surface area contributed by atoms with Crippen LogP contribution >= 0.6 is 0 Å². The second kappa shape index (κ2) is 3.92. The molecular formula is C12H9NO2. The molecule has 0 aromatic heterocycles. The van der Waals surface area contributed by atoms with Crippen LogP contribution in [0.15, 0.2) is 42.5 Å². The van der Waals surface area contributed by atoms with Gasteiger partial charge in [0.05, 0.1) is 0 Å². The van der Waals surface area contributed by atoms with Crippen molar-refractivity contribution in [3.8, 4) is 0 Å². The van der Waals surface area contributed by atoms with E-state index < -0.39 is 5.91 Å². The van der Waals surface area contributed by atoms with E-state index >= 15 is 0 Å². The lowest BCUT2D eigenvalue weighted by atomic mass is 10.1. The third-order valence-corrected chi connectivity index (χ3v) is 2.12. The Labute approximate surface area is 86.7 Å². The number of anilines is 1. The molecule has 1 amide bonds. The number of nitrogens with one attached hydrogen (secondary N) is 1. The van der Waals surface area contributed by atoms with Crippen LogP contribution in [0.1, 0.15) is 0 Å². The maximum atomic E-state index is 10.8. The number of carbonyl (C=O) groups excluding carboxylic acids is 2. The monoisotopic (exact) mass is 199 g/mol. The standard InChI is InChI=1S/C12H9NO2/c14-8-12(15)13-11-6-5-9-3-1-2-4-10(9)7-11/h1-8H,(H,13,15). The largest absolute Gasteiger partial charge is 0.320 e. The average Bonchev–Trinajstić information content (AvgIpc) is 2.29. The summed E-state index contributed by atoms with van der Waals surface area (Å²) >= 11 is 0. The number of hydrogen-bond acceptors (Lipinski definition) is 2. The summed E-state index contributed by atoms with van der Waals surface area (Å²) in [7, 11) is 0. The van der Waals surface area contributed by atoms with Gasteiger partial charge in [0, 0.05) is 5.69 Å². The Bertz CT molecular complexity index is 520. The van der Waals surface area contributed by atoms with Gasteiger partial charge in [-0.25, -0.2) is 0 Å². The van der Waals surface area contributed by atoms with Gasteiger partial charge in [-0.1, -0.05) is 30.3 Å². The summed E-state index contributed by atoms with van der Waals surface area (Å²) in [5.74, 6) is -0.634. The SMILES string of the molecule is O=CC(=O)Nc1ccc2ccccc2c1. The molecule has 1 N–H and O–H groups in total. The van der Waals surface area contributed by atoms with Crippen LogP contribution in [0, 0.1) is 0 Å². The fraction of sp³-hybridized carbons (Fsp3) is 0. The lowest BCUT2D eigenvalue weighted by Gasteiger charge is -2.02. The average molecular weight is 199 g/mol. The smallest absolute Gasteiger partial charge is 0.288 e. The van der Waals surface area contributed by atoms with Crippen LogP contribution in [0.5, 0.6) is 0 Å². The molecule has 2 aromatic carbocycles. The molecule has 0 unspecified atom stereocenters. The number of rotatable bonds is 2. The Balaban J connectivity index is 2.38. The molecule has 0 atom stereocenters. The number of fused-ring (bicyclic) bond motifs is 1. The topological polar surface area (TPSA) is 46.2 Å². The van der Waals surface area contributed by atoms with E-state index in [0.29, 0.717) is 5.69 Å². The minimum Gasteiger partial charge on any atom is -0.320 e. The number of amides is 1.